The normalized spacial score (nSPS) is 10.2. The molecule has 4 heteroatoms. The van der Waals surface area contributed by atoms with Crippen LogP contribution in [-0.2, 0) is 6.42 Å². The van der Waals surface area contributed by atoms with Crippen LogP contribution in [0.3, 0.4) is 0 Å². The van der Waals surface area contributed by atoms with Crippen molar-refractivity contribution in [1.82, 2.24) is 0 Å². The van der Waals surface area contributed by atoms with Crippen LogP contribution in [0.25, 0.3) is 0 Å². The summed E-state index contributed by atoms with van der Waals surface area (Å²) < 4.78 is 18.8. The molecular weight excluding hydrogens is 247 g/mol. The van der Waals surface area contributed by atoms with Crippen molar-refractivity contribution in [2.75, 3.05) is 6.61 Å². The Balaban J connectivity index is 1.94. The van der Waals surface area contributed by atoms with Crippen LogP contribution in [-0.4, -0.2) is 17.7 Å². The average Bonchev–Trinajstić information content (AvgIpc) is 2.41. The summed E-state index contributed by atoms with van der Waals surface area (Å²) >= 11 is 0. The molecule has 3 nitrogen and oxygen atoms in total. The largest absolute Gasteiger partial charge is 0.493 e. The number of rotatable bonds is 5. The first-order valence-corrected chi connectivity index (χ1v) is 5.86. The van der Waals surface area contributed by atoms with Crippen molar-refractivity contribution >= 4 is 5.97 Å². The van der Waals surface area contributed by atoms with Crippen molar-refractivity contribution in [3.05, 3.63) is 65.5 Å². The molecule has 0 aliphatic heterocycles. The van der Waals surface area contributed by atoms with Gasteiger partial charge in [0.25, 0.3) is 0 Å². The van der Waals surface area contributed by atoms with Gasteiger partial charge in [-0.05, 0) is 29.8 Å². The van der Waals surface area contributed by atoms with Crippen LogP contribution in [0.5, 0.6) is 5.75 Å². The minimum absolute atomic E-state index is 0.170. The highest BCUT2D eigenvalue weighted by molar-refractivity contribution is 5.87. The number of halogens is 1. The molecule has 0 aliphatic carbocycles. The fourth-order valence-corrected chi connectivity index (χ4v) is 1.70. The lowest BCUT2D eigenvalue weighted by Crippen LogP contribution is -2.04. The van der Waals surface area contributed by atoms with Gasteiger partial charge in [0.1, 0.15) is 11.6 Å². The standard InChI is InChI=1S/C15H13FO3/c16-14-7-2-1-4-11(14)8-9-19-13-6-3-5-12(10-13)15(17)18/h1-7,10H,8-9H2,(H,17,18). The van der Waals surface area contributed by atoms with Gasteiger partial charge < -0.3 is 9.84 Å². The van der Waals surface area contributed by atoms with E-state index in [4.69, 9.17) is 9.84 Å². The van der Waals surface area contributed by atoms with Crippen molar-refractivity contribution in [3.8, 4) is 5.75 Å². The van der Waals surface area contributed by atoms with Gasteiger partial charge >= 0.3 is 5.97 Å². The van der Waals surface area contributed by atoms with E-state index in [1.165, 1.54) is 18.2 Å². The number of ether oxygens (including phenoxy) is 1. The van der Waals surface area contributed by atoms with Crippen LogP contribution in [0.2, 0.25) is 0 Å². The molecule has 0 aromatic heterocycles. The molecule has 0 saturated heterocycles. The first-order chi connectivity index (χ1) is 9.16. The van der Waals surface area contributed by atoms with Gasteiger partial charge in [0.05, 0.1) is 12.2 Å². The minimum Gasteiger partial charge on any atom is -0.493 e. The minimum atomic E-state index is -1.00. The lowest BCUT2D eigenvalue weighted by Gasteiger charge is -2.07. The second-order valence-electron chi connectivity index (χ2n) is 4.02. The van der Waals surface area contributed by atoms with Crippen molar-refractivity contribution in [2.24, 2.45) is 0 Å². The molecule has 2 rings (SSSR count). The average molecular weight is 260 g/mol. The van der Waals surface area contributed by atoms with Crippen LogP contribution in [0.1, 0.15) is 15.9 Å². The van der Waals surface area contributed by atoms with Gasteiger partial charge in [0, 0.05) is 6.42 Å². The molecule has 0 spiro atoms. The summed E-state index contributed by atoms with van der Waals surface area (Å²) in [6, 6.07) is 12.7. The van der Waals surface area contributed by atoms with Gasteiger partial charge in [-0.1, -0.05) is 24.3 Å². The van der Waals surface area contributed by atoms with Crippen LogP contribution in [0.4, 0.5) is 4.39 Å². The molecule has 19 heavy (non-hydrogen) atoms. The molecule has 0 radical (unpaired) electrons. The molecular formula is C15H13FO3. The lowest BCUT2D eigenvalue weighted by molar-refractivity contribution is 0.0696. The maximum absolute atomic E-state index is 13.4. The quantitative estimate of drug-likeness (QED) is 0.898. The third kappa shape index (κ3) is 3.55. The van der Waals surface area contributed by atoms with Gasteiger partial charge in [-0.2, -0.15) is 0 Å². The van der Waals surface area contributed by atoms with E-state index in [1.54, 1.807) is 30.3 Å². The second-order valence-corrected chi connectivity index (χ2v) is 4.02. The Morgan fingerprint density at radius 2 is 1.95 bits per heavy atom. The fourth-order valence-electron chi connectivity index (χ4n) is 1.70. The number of carboxylic acids is 1. The Hall–Kier alpha value is -2.36. The molecule has 2 aromatic carbocycles. The molecule has 0 fully saturated rings. The van der Waals surface area contributed by atoms with E-state index in [0.29, 0.717) is 24.3 Å². The van der Waals surface area contributed by atoms with Crippen molar-refractivity contribution < 1.29 is 19.0 Å². The van der Waals surface area contributed by atoms with E-state index in [-0.39, 0.29) is 11.4 Å². The molecule has 0 atom stereocenters. The summed E-state index contributed by atoms with van der Waals surface area (Å²) in [7, 11) is 0. The number of hydrogen-bond acceptors (Lipinski definition) is 2. The van der Waals surface area contributed by atoms with E-state index < -0.39 is 5.97 Å². The van der Waals surface area contributed by atoms with E-state index in [1.807, 2.05) is 0 Å². The van der Waals surface area contributed by atoms with Crippen molar-refractivity contribution in [1.29, 1.82) is 0 Å². The third-order valence-electron chi connectivity index (χ3n) is 2.68. The highest BCUT2D eigenvalue weighted by Gasteiger charge is 2.04. The molecule has 1 N–H and O–H groups in total. The van der Waals surface area contributed by atoms with Crippen LogP contribution in [0.15, 0.2) is 48.5 Å². The molecule has 0 amide bonds. The summed E-state index contributed by atoms with van der Waals surface area (Å²) in [6.07, 6.45) is 0.434. The Bertz CT molecular complexity index is 581. The van der Waals surface area contributed by atoms with E-state index >= 15 is 0 Å². The molecule has 0 heterocycles. The smallest absolute Gasteiger partial charge is 0.335 e. The highest BCUT2D eigenvalue weighted by Crippen LogP contribution is 2.14. The van der Waals surface area contributed by atoms with Crippen LogP contribution in [0, 0.1) is 5.82 Å². The van der Waals surface area contributed by atoms with Gasteiger partial charge in [0.2, 0.25) is 0 Å². The number of hydrogen-bond donors (Lipinski definition) is 1. The highest BCUT2D eigenvalue weighted by atomic mass is 19.1. The summed E-state index contributed by atoms with van der Waals surface area (Å²) in [4.78, 5) is 10.8. The molecule has 0 unspecified atom stereocenters. The van der Waals surface area contributed by atoms with Gasteiger partial charge in [-0.25, -0.2) is 9.18 Å². The number of carbonyl (C=O) groups is 1. The van der Waals surface area contributed by atoms with E-state index in [0.717, 1.165) is 0 Å². The van der Waals surface area contributed by atoms with Crippen molar-refractivity contribution in [2.45, 2.75) is 6.42 Å². The van der Waals surface area contributed by atoms with Crippen LogP contribution >= 0.6 is 0 Å². The van der Waals surface area contributed by atoms with Gasteiger partial charge in [0.15, 0.2) is 0 Å². The molecule has 2 aromatic rings. The van der Waals surface area contributed by atoms with E-state index in [9.17, 15) is 9.18 Å². The zero-order chi connectivity index (χ0) is 13.7. The summed E-state index contributed by atoms with van der Waals surface area (Å²) in [6.45, 7) is 0.296. The Morgan fingerprint density at radius 1 is 1.16 bits per heavy atom. The summed E-state index contributed by atoms with van der Waals surface area (Å²) in [5.41, 5.74) is 0.750. The molecule has 98 valence electrons. The van der Waals surface area contributed by atoms with Crippen LogP contribution < -0.4 is 4.74 Å². The summed E-state index contributed by atoms with van der Waals surface area (Å²) in [5.74, 6) is -0.791. The first kappa shape index (κ1) is 13.1. The maximum Gasteiger partial charge on any atom is 0.335 e. The third-order valence-corrected chi connectivity index (χ3v) is 2.68. The SMILES string of the molecule is O=C(O)c1cccc(OCCc2ccccc2F)c1. The Kier molecular flexibility index (Phi) is 4.13. The number of benzene rings is 2. The topological polar surface area (TPSA) is 46.5 Å². The Morgan fingerprint density at radius 3 is 2.68 bits per heavy atom. The summed E-state index contributed by atoms with van der Waals surface area (Å²) in [5, 5.41) is 8.84. The van der Waals surface area contributed by atoms with Crippen molar-refractivity contribution in [3.63, 3.8) is 0 Å². The fraction of sp³-hybridized carbons (Fsp3) is 0.133. The monoisotopic (exact) mass is 260 g/mol. The number of aromatic carboxylic acids is 1. The first-order valence-electron chi connectivity index (χ1n) is 5.86. The van der Waals surface area contributed by atoms with Gasteiger partial charge in [-0.15, -0.1) is 0 Å². The molecule has 0 bridgehead atoms. The number of carboxylic acid groups (broad SMARTS) is 1. The second kappa shape index (κ2) is 6.00. The molecule has 0 saturated carbocycles. The van der Waals surface area contributed by atoms with E-state index in [2.05, 4.69) is 0 Å². The predicted octanol–water partition coefficient (Wildman–Crippen LogP) is 3.15. The Labute approximate surface area is 110 Å². The van der Waals surface area contributed by atoms with Gasteiger partial charge in [-0.3, -0.25) is 0 Å². The zero-order valence-corrected chi connectivity index (χ0v) is 10.2. The predicted molar refractivity (Wildman–Crippen MR) is 69.0 cm³/mol. The lowest BCUT2D eigenvalue weighted by atomic mass is 10.1. The zero-order valence-electron chi connectivity index (χ0n) is 10.2. The molecule has 0 aliphatic rings. The maximum atomic E-state index is 13.4.